The maximum Gasteiger partial charge on any atom is 0.306 e. The van der Waals surface area contributed by atoms with Crippen LogP contribution in [0.5, 0.6) is 0 Å². The van der Waals surface area contributed by atoms with Crippen molar-refractivity contribution >= 4 is 21.7 Å². The largest absolute Gasteiger partial charge is 0.481 e. The van der Waals surface area contributed by atoms with Crippen LogP contribution in [0.4, 0.5) is 5.69 Å². The number of benzene rings is 1. The summed E-state index contributed by atoms with van der Waals surface area (Å²) >= 11 is 0. The summed E-state index contributed by atoms with van der Waals surface area (Å²) in [4.78, 5) is 12.8. The zero-order valence-electron chi connectivity index (χ0n) is 11.7. The molecular weight excluding hydrogens is 296 g/mol. The Morgan fingerprint density at radius 3 is 2.86 bits per heavy atom. The molecule has 0 saturated carbocycles. The molecule has 1 aromatic carbocycles. The Hall–Kier alpha value is -1.64. The van der Waals surface area contributed by atoms with E-state index in [2.05, 4.69) is 4.72 Å². The summed E-state index contributed by atoms with van der Waals surface area (Å²) < 4.78 is 31.8. The molecule has 1 atom stereocenters. The van der Waals surface area contributed by atoms with Gasteiger partial charge in [0.15, 0.2) is 0 Å². The third-order valence-corrected chi connectivity index (χ3v) is 4.77. The van der Waals surface area contributed by atoms with Gasteiger partial charge in [0.05, 0.1) is 24.8 Å². The van der Waals surface area contributed by atoms with E-state index in [-0.39, 0.29) is 11.3 Å². The van der Waals surface area contributed by atoms with E-state index in [9.17, 15) is 13.2 Å². The Balaban J connectivity index is 2.28. The fraction of sp³-hybridized carbons (Fsp3) is 0.462. The van der Waals surface area contributed by atoms with E-state index in [0.29, 0.717) is 25.4 Å². The minimum Gasteiger partial charge on any atom is -0.481 e. The molecule has 116 valence electrons. The highest BCUT2D eigenvalue weighted by molar-refractivity contribution is 7.89. The van der Waals surface area contributed by atoms with Crippen molar-refractivity contribution in [3.63, 3.8) is 0 Å². The van der Waals surface area contributed by atoms with Gasteiger partial charge in [-0.05, 0) is 19.2 Å². The lowest BCUT2D eigenvalue weighted by atomic mass is 10.2. The average Bonchev–Trinajstić information content (AvgIpc) is 2.47. The summed E-state index contributed by atoms with van der Waals surface area (Å²) in [6.45, 7) is 1.24. The number of nitrogens with one attached hydrogen (secondary N) is 1. The maximum atomic E-state index is 12.1. The van der Waals surface area contributed by atoms with E-state index in [0.717, 1.165) is 0 Å². The number of carboxylic acid groups (broad SMARTS) is 1. The topological polar surface area (TPSA) is 95.9 Å². The van der Waals surface area contributed by atoms with Gasteiger partial charge in [-0.15, -0.1) is 0 Å². The lowest BCUT2D eigenvalue weighted by Crippen LogP contribution is -2.44. The van der Waals surface area contributed by atoms with Crippen LogP contribution in [-0.4, -0.2) is 52.3 Å². The van der Waals surface area contributed by atoms with Crippen LogP contribution in [0, 0.1) is 0 Å². The number of rotatable bonds is 5. The molecule has 2 rings (SSSR count). The zero-order chi connectivity index (χ0) is 15.5. The second-order valence-electron chi connectivity index (χ2n) is 4.71. The van der Waals surface area contributed by atoms with Crippen molar-refractivity contribution in [2.45, 2.75) is 17.4 Å². The Bertz CT molecular complexity index is 617. The monoisotopic (exact) mass is 314 g/mol. The molecule has 0 amide bonds. The number of ether oxygens (including phenoxy) is 1. The van der Waals surface area contributed by atoms with Crippen LogP contribution >= 0.6 is 0 Å². The minimum atomic E-state index is -3.57. The second-order valence-corrected chi connectivity index (χ2v) is 6.57. The van der Waals surface area contributed by atoms with Crippen LogP contribution in [0.25, 0.3) is 0 Å². The molecule has 0 aromatic heterocycles. The molecule has 1 aromatic rings. The third-order valence-electron chi connectivity index (χ3n) is 3.31. The fourth-order valence-corrected chi connectivity index (χ4v) is 3.26. The number of hydrogen-bond acceptors (Lipinski definition) is 5. The molecule has 0 radical (unpaired) electrons. The molecule has 21 heavy (non-hydrogen) atoms. The van der Waals surface area contributed by atoms with Crippen LogP contribution in [0.1, 0.15) is 6.42 Å². The third kappa shape index (κ3) is 3.72. The highest BCUT2D eigenvalue weighted by atomic mass is 32.2. The predicted molar refractivity (Wildman–Crippen MR) is 76.9 cm³/mol. The second kappa shape index (κ2) is 6.42. The molecule has 1 saturated heterocycles. The molecule has 2 N–H and O–H groups in total. The SMILES string of the molecule is CNS(=O)(=O)c1ccccc1N1CCOC(CC(=O)O)C1. The van der Waals surface area contributed by atoms with Crippen molar-refractivity contribution in [2.75, 3.05) is 31.6 Å². The molecule has 1 aliphatic heterocycles. The zero-order valence-corrected chi connectivity index (χ0v) is 12.5. The quantitative estimate of drug-likeness (QED) is 0.810. The lowest BCUT2D eigenvalue weighted by molar-refractivity contribution is -0.140. The van der Waals surface area contributed by atoms with Gasteiger partial charge in [-0.2, -0.15) is 0 Å². The molecule has 1 fully saturated rings. The number of para-hydroxylation sites is 1. The molecule has 7 nitrogen and oxygen atoms in total. The normalized spacial score (nSPS) is 19.5. The summed E-state index contributed by atoms with van der Waals surface area (Å²) in [5, 5.41) is 8.84. The minimum absolute atomic E-state index is 0.0998. The van der Waals surface area contributed by atoms with Crippen molar-refractivity contribution < 1.29 is 23.1 Å². The number of carboxylic acids is 1. The highest BCUT2D eigenvalue weighted by Crippen LogP contribution is 2.26. The first-order valence-electron chi connectivity index (χ1n) is 6.55. The van der Waals surface area contributed by atoms with Gasteiger partial charge in [-0.1, -0.05) is 12.1 Å². The highest BCUT2D eigenvalue weighted by Gasteiger charge is 2.26. The molecule has 1 aliphatic rings. The van der Waals surface area contributed by atoms with Crippen LogP contribution in [0.2, 0.25) is 0 Å². The van der Waals surface area contributed by atoms with Crippen LogP contribution < -0.4 is 9.62 Å². The van der Waals surface area contributed by atoms with Crippen LogP contribution in [0.15, 0.2) is 29.2 Å². The van der Waals surface area contributed by atoms with Gasteiger partial charge in [0.2, 0.25) is 10.0 Å². The van der Waals surface area contributed by atoms with Gasteiger partial charge in [0, 0.05) is 13.1 Å². The summed E-state index contributed by atoms with van der Waals surface area (Å²) in [6.07, 6.45) is -0.543. The Labute approximate surface area is 123 Å². The Morgan fingerprint density at radius 2 is 2.19 bits per heavy atom. The maximum absolute atomic E-state index is 12.1. The first-order chi connectivity index (χ1) is 9.94. The van der Waals surface area contributed by atoms with E-state index in [1.54, 1.807) is 18.2 Å². The van der Waals surface area contributed by atoms with E-state index in [1.807, 2.05) is 4.90 Å². The number of aliphatic carboxylic acids is 1. The van der Waals surface area contributed by atoms with Crippen molar-refractivity contribution in [2.24, 2.45) is 0 Å². The Morgan fingerprint density at radius 1 is 1.48 bits per heavy atom. The van der Waals surface area contributed by atoms with Crippen molar-refractivity contribution in [3.8, 4) is 0 Å². The van der Waals surface area contributed by atoms with Gasteiger partial charge < -0.3 is 14.7 Å². The van der Waals surface area contributed by atoms with Crippen molar-refractivity contribution in [3.05, 3.63) is 24.3 Å². The van der Waals surface area contributed by atoms with Crippen LogP contribution in [0.3, 0.4) is 0 Å². The lowest BCUT2D eigenvalue weighted by Gasteiger charge is -2.34. The number of anilines is 1. The fourth-order valence-electron chi connectivity index (χ4n) is 2.31. The molecule has 0 bridgehead atoms. The van der Waals surface area contributed by atoms with E-state index >= 15 is 0 Å². The van der Waals surface area contributed by atoms with Gasteiger partial charge in [0.25, 0.3) is 0 Å². The standard InChI is InChI=1S/C13H18N2O5S/c1-14-21(18,19)12-5-3-2-4-11(12)15-6-7-20-10(9-15)8-13(16)17/h2-5,10,14H,6-9H2,1H3,(H,16,17). The molecule has 0 aliphatic carbocycles. The summed E-state index contributed by atoms with van der Waals surface area (Å²) in [5.41, 5.74) is 0.561. The van der Waals surface area contributed by atoms with Gasteiger partial charge in [-0.3, -0.25) is 4.79 Å². The van der Waals surface area contributed by atoms with E-state index in [4.69, 9.17) is 9.84 Å². The summed E-state index contributed by atoms with van der Waals surface area (Å²) in [7, 11) is -2.21. The number of hydrogen-bond donors (Lipinski definition) is 2. The summed E-state index contributed by atoms with van der Waals surface area (Å²) in [6, 6.07) is 6.66. The Kier molecular flexibility index (Phi) is 4.81. The van der Waals surface area contributed by atoms with Crippen LogP contribution in [-0.2, 0) is 19.6 Å². The van der Waals surface area contributed by atoms with Gasteiger partial charge in [-0.25, -0.2) is 13.1 Å². The van der Waals surface area contributed by atoms with Gasteiger partial charge in [0.1, 0.15) is 4.90 Å². The molecule has 1 heterocycles. The smallest absolute Gasteiger partial charge is 0.306 e. The number of nitrogens with zero attached hydrogens (tertiary/aromatic N) is 1. The number of morpholine rings is 1. The van der Waals surface area contributed by atoms with Crippen molar-refractivity contribution in [1.82, 2.24) is 4.72 Å². The van der Waals surface area contributed by atoms with E-state index in [1.165, 1.54) is 13.1 Å². The first-order valence-corrected chi connectivity index (χ1v) is 8.03. The first kappa shape index (κ1) is 15.7. The van der Waals surface area contributed by atoms with Crippen molar-refractivity contribution in [1.29, 1.82) is 0 Å². The summed E-state index contributed by atoms with van der Waals surface area (Å²) in [5.74, 6) is -0.932. The molecule has 1 unspecified atom stereocenters. The van der Waals surface area contributed by atoms with Gasteiger partial charge >= 0.3 is 5.97 Å². The number of sulfonamides is 1. The molecular formula is C13H18N2O5S. The number of carbonyl (C=O) groups is 1. The predicted octanol–water partition coefficient (Wildman–Crippen LogP) is 0.275. The average molecular weight is 314 g/mol. The molecule has 8 heteroatoms. The molecule has 0 spiro atoms. The van der Waals surface area contributed by atoms with E-state index < -0.39 is 22.1 Å².